The van der Waals surface area contributed by atoms with E-state index >= 15 is 0 Å². The molecule has 4 rings (SSSR count). The highest BCUT2D eigenvalue weighted by molar-refractivity contribution is 5.34. The number of nitriles is 1. The highest BCUT2D eigenvalue weighted by Crippen LogP contribution is 2.48. The van der Waals surface area contributed by atoms with Crippen LogP contribution in [0.2, 0.25) is 0 Å². The molecule has 1 saturated carbocycles. The Labute approximate surface area is 151 Å². The number of ether oxygens (including phenoxy) is 1. The van der Waals surface area contributed by atoms with Crippen molar-refractivity contribution in [3.05, 3.63) is 35.9 Å². The first kappa shape index (κ1) is 16.9. The molecule has 1 aromatic carbocycles. The highest BCUT2D eigenvalue weighted by Gasteiger charge is 2.43. The zero-order valence-corrected chi connectivity index (χ0v) is 14.5. The van der Waals surface area contributed by atoms with E-state index in [0.717, 1.165) is 49.9 Å². The van der Waals surface area contributed by atoms with E-state index in [1.54, 1.807) is 6.07 Å². The van der Waals surface area contributed by atoms with Gasteiger partial charge in [-0.25, -0.2) is 4.39 Å². The van der Waals surface area contributed by atoms with E-state index in [0.29, 0.717) is 18.2 Å². The predicted molar refractivity (Wildman–Crippen MR) is 90.3 cm³/mol. The van der Waals surface area contributed by atoms with E-state index in [1.165, 1.54) is 23.5 Å². The smallest absolute Gasteiger partial charge is 0.179 e. The largest absolute Gasteiger partial charge is 0.376 e. The first-order valence-corrected chi connectivity index (χ1v) is 8.99. The molecule has 8 heteroatoms. The van der Waals surface area contributed by atoms with Gasteiger partial charge in [-0.1, -0.05) is 6.07 Å². The molecule has 0 N–H and O–H groups in total. The van der Waals surface area contributed by atoms with Crippen LogP contribution in [0.5, 0.6) is 0 Å². The Kier molecular flexibility index (Phi) is 4.80. The van der Waals surface area contributed by atoms with Crippen LogP contribution >= 0.6 is 0 Å². The molecular formula is C18H21FN6O. The fourth-order valence-electron chi connectivity index (χ4n) is 3.89. The topological polar surface area (TPSA) is 79.9 Å². The fraction of sp³-hybridized carbons (Fsp3) is 0.556. The SMILES string of the molecule is N#CN1CCC([C@H]2C[C@H]2COCc2ccc(-n3cnnn3)c(F)c2)CC1. The molecule has 0 amide bonds. The van der Waals surface area contributed by atoms with E-state index in [1.807, 2.05) is 11.0 Å². The van der Waals surface area contributed by atoms with Crippen LogP contribution in [0.15, 0.2) is 24.5 Å². The number of rotatable bonds is 6. The Morgan fingerprint density at radius 2 is 2.15 bits per heavy atom. The fourth-order valence-corrected chi connectivity index (χ4v) is 3.89. The standard InChI is InChI=1S/C18H21FN6O/c19-17-7-13(1-2-18(17)25-12-21-22-23-25)9-26-10-15-8-16(15)14-3-5-24(11-20)6-4-14/h1-2,7,12,14-16H,3-6,8-10H2/t15-,16+/m0/s1. The van der Waals surface area contributed by atoms with Crippen molar-refractivity contribution in [2.75, 3.05) is 19.7 Å². The summed E-state index contributed by atoms with van der Waals surface area (Å²) in [5.41, 5.74) is 1.13. The average molecular weight is 356 g/mol. The van der Waals surface area contributed by atoms with E-state index in [4.69, 9.17) is 10.00 Å². The van der Waals surface area contributed by atoms with Crippen molar-refractivity contribution in [2.24, 2.45) is 17.8 Å². The second-order valence-electron chi connectivity index (χ2n) is 7.14. The first-order chi connectivity index (χ1) is 12.7. The van der Waals surface area contributed by atoms with E-state index in [9.17, 15) is 4.39 Å². The lowest BCUT2D eigenvalue weighted by molar-refractivity contribution is 0.102. The lowest BCUT2D eigenvalue weighted by Gasteiger charge is -2.28. The molecule has 0 bridgehead atoms. The zero-order chi connectivity index (χ0) is 17.9. The van der Waals surface area contributed by atoms with Crippen molar-refractivity contribution < 1.29 is 9.13 Å². The Balaban J connectivity index is 1.22. The van der Waals surface area contributed by atoms with Gasteiger partial charge in [0.15, 0.2) is 6.19 Å². The molecule has 2 aliphatic rings. The van der Waals surface area contributed by atoms with E-state index < -0.39 is 0 Å². The maximum Gasteiger partial charge on any atom is 0.179 e. The van der Waals surface area contributed by atoms with Crippen LogP contribution in [0, 0.1) is 35.0 Å². The molecule has 2 aromatic rings. The zero-order valence-electron chi connectivity index (χ0n) is 14.5. The van der Waals surface area contributed by atoms with Crippen LogP contribution in [-0.2, 0) is 11.3 Å². The predicted octanol–water partition coefficient (Wildman–Crippen LogP) is 2.15. The molecule has 1 aromatic heterocycles. The van der Waals surface area contributed by atoms with Crippen LogP contribution < -0.4 is 0 Å². The quantitative estimate of drug-likeness (QED) is 0.738. The average Bonchev–Trinajstić information content (AvgIpc) is 3.22. The van der Waals surface area contributed by atoms with Crippen molar-refractivity contribution in [3.8, 4) is 11.9 Å². The van der Waals surface area contributed by atoms with Gasteiger partial charge < -0.3 is 9.64 Å². The molecule has 0 unspecified atom stereocenters. The minimum atomic E-state index is -0.369. The van der Waals surface area contributed by atoms with Crippen LogP contribution in [0.3, 0.4) is 0 Å². The van der Waals surface area contributed by atoms with Gasteiger partial charge >= 0.3 is 0 Å². The number of tetrazole rings is 1. The summed E-state index contributed by atoms with van der Waals surface area (Å²) in [5.74, 6) is 1.70. The van der Waals surface area contributed by atoms with Crippen LogP contribution in [-0.4, -0.2) is 44.8 Å². The number of benzene rings is 1. The van der Waals surface area contributed by atoms with E-state index in [2.05, 4.69) is 21.7 Å². The maximum absolute atomic E-state index is 14.2. The van der Waals surface area contributed by atoms with Gasteiger partial charge in [0.25, 0.3) is 0 Å². The van der Waals surface area contributed by atoms with Crippen LogP contribution in [0.4, 0.5) is 4.39 Å². The number of piperidine rings is 1. The molecular weight excluding hydrogens is 335 g/mol. The van der Waals surface area contributed by atoms with Gasteiger partial charge in [-0.15, -0.1) is 5.10 Å². The van der Waals surface area contributed by atoms with E-state index in [-0.39, 0.29) is 5.82 Å². The normalized spacial score (nSPS) is 23.0. The second-order valence-corrected chi connectivity index (χ2v) is 7.14. The Morgan fingerprint density at radius 3 is 2.85 bits per heavy atom. The third-order valence-electron chi connectivity index (χ3n) is 5.47. The lowest BCUT2D eigenvalue weighted by Crippen LogP contribution is -2.30. The van der Waals surface area contributed by atoms with Gasteiger partial charge in [-0.3, -0.25) is 0 Å². The summed E-state index contributed by atoms with van der Waals surface area (Å²) in [6, 6.07) is 4.97. The summed E-state index contributed by atoms with van der Waals surface area (Å²) in [5, 5.41) is 19.6. The Hall–Kier alpha value is -2.53. The Morgan fingerprint density at radius 1 is 1.31 bits per heavy atom. The molecule has 1 saturated heterocycles. The number of halogens is 1. The van der Waals surface area contributed by atoms with Crippen LogP contribution in [0.1, 0.15) is 24.8 Å². The maximum atomic E-state index is 14.2. The van der Waals surface area contributed by atoms with Gasteiger partial charge in [-0.2, -0.15) is 9.94 Å². The minimum Gasteiger partial charge on any atom is -0.376 e. The first-order valence-electron chi connectivity index (χ1n) is 8.99. The summed E-state index contributed by atoms with van der Waals surface area (Å²) in [4.78, 5) is 1.85. The van der Waals surface area contributed by atoms with Crippen molar-refractivity contribution in [2.45, 2.75) is 25.9 Å². The molecule has 1 aliphatic heterocycles. The molecule has 0 radical (unpaired) electrons. The van der Waals surface area contributed by atoms with Crippen molar-refractivity contribution in [1.29, 1.82) is 5.26 Å². The molecule has 136 valence electrons. The van der Waals surface area contributed by atoms with Crippen molar-refractivity contribution in [3.63, 3.8) is 0 Å². The third kappa shape index (κ3) is 3.68. The minimum absolute atomic E-state index is 0.324. The number of aromatic nitrogens is 4. The number of nitrogens with zero attached hydrogens (tertiary/aromatic N) is 6. The van der Waals surface area contributed by atoms with Gasteiger partial charge in [0.1, 0.15) is 17.8 Å². The summed E-state index contributed by atoms with van der Waals surface area (Å²) >= 11 is 0. The summed E-state index contributed by atoms with van der Waals surface area (Å²) in [7, 11) is 0. The number of likely N-dealkylation sites (tertiary alicyclic amines) is 1. The van der Waals surface area contributed by atoms with Gasteiger partial charge in [0.2, 0.25) is 0 Å². The Bertz CT molecular complexity index is 781. The van der Waals surface area contributed by atoms with Crippen molar-refractivity contribution >= 4 is 0 Å². The molecule has 2 atom stereocenters. The van der Waals surface area contributed by atoms with Gasteiger partial charge in [-0.05, 0) is 65.1 Å². The van der Waals surface area contributed by atoms with Crippen molar-refractivity contribution in [1.82, 2.24) is 25.1 Å². The van der Waals surface area contributed by atoms with Crippen LogP contribution in [0.25, 0.3) is 5.69 Å². The third-order valence-corrected chi connectivity index (χ3v) is 5.47. The number of hydrogen-bond donors (Lipinski definition) is 0. The highest BCUT2D eigenvalue weighted by atomic mass is 19.1. The second kappa shape index (κ2) is 7.38. The van der Waals surface area contributed by atoms with Gasteiger partial charge in [0.05, 0.1) is 13.2 Å². The summed E-state index contributed by atoms with van der Waals surface area (Å²) in [6.45, 7) is 2.90. The number of hydrogen-bond acceptors (Lipinski definition) is 6. The molecule has 26 heavy (non-hydrogen) atoms. The lowest BCUT2D eigenvalue weighted by atomic mass is 9.91. The molecule has 0 spiro atoms. The molecule has 2 fully saturated rings. The molecule has 2 heterocycles. The molecule has 1 aliphatic carbocycles. The van der Waals surface area contributed by atoms with Gasteiger partial charge in [0, 0.05) is 13.1 Å². The monoisotopic (exact) mass is 356 g/mol. The summed E-state index contributed by atoms with van der Waals surface area (Å²) in [6.07, 6.45) is 7.03. The molecule has 7 nitrogen and oxygen atoms in total. The summed E-state index contributed by atoms with van der Waals surface area (Å²) < 4.78 is 21.3.